The normalized spacial score (nSPS) is 12.3. The van der Waals surface area contributed by atoms with E-state index in [1.165, 1.54) is 51.4 Å². The Morgan fingerprint density at radius 3 is 1.97 bits per heavy atom. The third-order valence-corrected chi connectivity index (χ3v) is 6.18. The van der Waals surface area contributed by atoms with Crippen LogP contribution in [0.3, 0.4) is 0 Å². The van der Waals surface area contributed by atoms with Gasteiger partial charge in [0.2, 0.25) is 9.70 Å². The summed E-state index contributed by atoms with van der Waals surface area (Å²) in [5.74, 6) is -0.163. The van der Waals surface area contributed by atoms with Crippen LogP contribution >= 0.6 is 47.0 Å². The summed E-state index contributed by atoms with van der Waals surface area (Å²) in [6, 6.07) is 7.71. The fraction of sp³-hybridized carbons (Fsp3) is 0.667. The summed E-state index contributed by atoms with van der Waals surface area (Å²) in [5.41, 5.74) is 1.88. The van der Waals surface area contributed by atoms with Crippen molar-refractivity contribution in [2.45, 2.75) is 101 Å². The molecular formula is C24H38Cl3N3OS. The highest BCUT2D eigenvalue weighted by Gasteiger charge is 2.34. The molecule has 182 valence electrons. The van der Waals surface area contributed by atoms with Crippen molar-refractivity contribution in [1.29, 1.82) is 0 Å². The number of aryl methyl sites for hydroxylation is 1. The Balaban J connectivity index is 2.27. The molecule has 0 aliphatic heterocycles. The highest BCUT2D eigenvalue weighted by molar-refractivity contribution is 7.80. The van der Waals surface area contributed by atoms with Gasteiger partial charge in [0.1, 0.15) is 6.17 Å². The number of rotatable bonds is 15. The van der Waals surface area contributed by atoms with E-state index in [9.17, 15) is 4.79 Å². The summed E-state index contributed by atoms with van der Waals surface area (Å²) in [7, 11) is 0. The molecule has 0 heterocycles. The van der Waals surface area contributed by atoms with Crippen molar-refractivity contribution in [2.24, 2.45) is 0 Å². The van der Waals surface area contributed by atoms with Crippen LogP contribution in [0.15, 0.2) is 24.3 Å². The number of carbonyl (C=O) groups is 1. The van der Waals surface area contributed by atoms with E-state index in [4.69, 9.17) is 47.0 Å². The average Bonchev–Trinajstić information content (AvgIpc) is 2.72. The number of carbonyl (C=O) groups excluding carboxylic acids is 1. The van der Waals surface area contributed by atoms with Crippen LogP contribution < -0.4 is 16.0 Å². The number of para-hydroxylation sites is 1. The topological polar surface area (TPSA) is 53.2 Å². The molecular weight excluding hydrogens is 485 g/mol. The second-order valence-electron chi connectivity index (χ2n) is 8.24. The van der Waals surface area contributed by atoms with Gasteiger partial charge in [-0.25, -0.2) is 0 Å². The van der Waals surface area contributed by atoms with E-state index in [1.807, 2.05) is 31.2 Å². The fourth-order valence-corrected chi connectivity index (χ4v) is 3.94. The minimum Gasteiger partial charge on any atom is -0.339 e. The molecule has 0 aliphatic carbocycles. The number of hydrogen-bond acceptors (Lipinski definition) is 2. The van der Waals surface area contributed by atoms with Crippen molar-refractivity contribution in [3.05, 3.63) is 29.8 Å². The molecule has 4 nitrogen and oxygen atoms in total. The number of benzene rings is 1. The molecule has 0 saturated carbocycles. The molecule has 0 bridgehead atoms. The molecule has 0 saturated heterocycles. The number of thiocarbonyl (C=S) groups is 1. The molecule has 0 spiro atoms. The predicted molar refractivity (Wildman–Crippen MR) is 144 cm³/mol. The van der Waals surface area contributed by atoms with E-state index in [0.29, 0.717) is 6.42 Å². The number of unbranched alkanes of at least 4 members (excludes halogenated alkanes) is 10. The molecule has 1 aromatic carbocycles. The molecule has 1 rings (SSSR count). The average molecular weight is 523 g/mol. The molecule has 0 aromatic heterocycles. The molecule has 8 heteroatoms. The van der Waals surface area contributed by atoms with E-state index in [0.717, 1.165) is 30.5 Å². The second-order valence-corrected chi connectivity index (χ2v) is 11.0. The van der Waals surface area contributed by atoms with Crippen molar-refractivity contribution in [3.8, 4) is 0 Å². The maximum absolute atomic E-state index is 12.4. The SMILES string of the molecule is CCCCCCCCCCCCCC(=O)N[C@H](NC(=S)Nc1ccccc1C)C(Cl)(Cl)Cl. The number of halogens is 3. The number of nitrogens with one attached hydrogen (secondary N) is 3. The first-order valence-electron chi connectivity index (χ1n) is 11.7. The van der Waals surface area contributed by atoms with Crippen LogP contribution in [0.25, 0.3) is 0 Å². The lowest BCUT2D eigenvalue weighted by Gasteiger charge is -2.28. The van der Waals surface area contributed by atoms with Gasteiger partial charge < -0.3 is 16.0 Å². The molecule has 0 radical (unpaired) electrons. The molecule has 3 N–H and O–H groups in total. The van der Waals surface area contributed by atoms with Crippen molar-refractivity contribution < 1.29 is 4.79 Å². The summed E-state index contributed by atoms with van der Waals surface area (Å²) in [4.78, 5) is 12.4. The lowest BCUT2D eigenvalue weighted by atomic mass is 10.1. The minimum absolute atomic E-state index is 0.163. The van der Waals surface area contributed by atoms with Gasteiger partial charge in [0.05, 0.1) is 0 Å². The first-order chi connectivity index (χ1) is 15.2. The van der Waals surface area contributed by atoms with Gasteiger partial charge in [-0.1, -0.05) is 124 Å². The van der Waals surface area contributed by atoms with Crippen LogP contribution in [0.1, 0.15) is 89.5 Å². The summed E-state index contributed by atoms with van der Waals surface area (Å²) in [6.07, 6.45) is 13.0. The lowest BCUT2D eigenvalue weighted by molar-refractivity contribution is -0.122. The molecule has 0 fully saturated rings. The van der Waals surface area contributed by atoms with Crippen molar-refractivity contribution in [1.82, 2.24) is 10.6 Å². The number of amides is 1. The summed E-state index contributed by atoms with van der Waals surface area (Å²) < 4.78 is -1.75. The zero-order valence-corrected chi connectivity index (χ0v) is 22.4. The number of anilines is 1. The molecule has 0 aliphatic rings. The Morgan fingerprint density at radius 2 is 1.44 bits per heavy atom. The number of hydrogen-bond donors (Lipinski definition) is 3. The zero-order chi connectivity index (χ0) is 23.8. The smallest absolute Gasteiger partial charge is 0.228 e. The summed E-state index contributed by atoms with van der Waals surface area (Å²) in [5, 5.41) is 8.99. The van der Waals surface area contributed by atoms with Gasteiger partial charge >= 0.3 is 0 Å². The van der Waals surface area contributed by atoms with Crippen molar-refractivity contribution in [3.63, 3.8) is 0 Å². The van der Waals surface area contributed by atoms with Crippen LogP contribution in [-0.2, 0) is 4.79 Å². The van der Waals surface area contributed by atoms with E-state index >= 15 is 0 Å². The van der Waals surface area contributed by atoms with Gasteiger partial charge in [0, 0.05) is 12.1 Å². The van der Waals surface area contributed by atoms with Gasteiger partial charge in [-0.2, -0.15) is 0 Å². The highest BCUT2D eigenvalue weighted by atomic mass is 35.6. The largest absolute Gasteiger partial charge is 0.339 e. The van der Waals surface area contributed by atoms with Crippen molar-refractivity contribution >= 4 is 63.7 Å². The van der Waals surface area contributed by atoms with Crippen LogP contribution in [0, 0.1) is 6.92 Å². The maximum atomic E-state index is 12.4. The maximum Gasteiger partial charge on any atom is 0.228 e. The van der Waals surface area contributed by atoms with Crippen molar-refractivity contribution in [2.75, 3.05) is 5.32 Å². The van der Waals surface area contributed by atoms with Crippen LogP contribution in [0.2, 0.25) is 0 Å². The van der Waals surface area contributed by atoms with E-state index in [1.54, 1.807) is 0 Å². The molecule has 1 atom stereocenters. The second kappa shape index (κ2) is 16.8. The van der Waals surface area contributed by atoms with Crippen LogP contribution in [-0.4, -0.2) is 21.0 Å². The molecule has 0 unspecified atom stereocenters. The van der Waals surface area contributed by atoms with E-state index in [2.05, 4.69) is 22.9 Å². The highest BCUT2D eigenvalue weighted by Crippen LogP contribution is 2.29. The van der Waals surface area contributed by atoms with E-state index in [-0.39, 0.29) is 11.0 Å². The monoisotopic (exact) mass is 521 g/mol. The van der Waals surface area contributed by atoms with Gasteiger partial charge in [0.25, 0.3) is 0 Å². The quantitative estimate of drug-likeness (QED) is 0.0952. The summed E-state index contributed by atoms with van der Waals surface area (Å²) in [6.45, 7) is 4.21. The zero-order valence-electron chi connectivity index (χ0n) is 19.3. The minimum atomic E-state index is -1.75. The van der Waals surface area contributed by atoms with Gasteiger partial charge in [-0.05, 0) is 37.2 Å². The van der Waals surface area contributed by atoms with Gasteiger partial charge in [0.15, 0.2) is 5.11 Å². The molecule has 1 amide bonds. The third kappa shape index (κ3) is 13.7. The van der Waals surface area contributed by atoms with E-state index < -0.39 is 9.96 Å². The van der Waals surface area contributed by atoms with Gasteiger partial charge in [-0.15, -0.1) is 0 Å². The Kier molecular flexibility index (Phi) is 15.4. The Bertz CT molecular complexity index is 683. The standard InChI is InChI=1S/C24H38Cl3N3OS/c1-3-4-5-6-7-8-9-10-11-12-13-18-21(31)29-22(24(25,26)27)30-23(32)28-20-17-15-14-16-19(20)2/h14-17,22H,3-13,18H2,1-2H3,(H,29,31)(H2,28,30,32)/t22-/m1/s1. The summed E-state index contributed by atoms with van der Waals surface area (Å²) >= 11 is 23.5. The molecule has 32 heavy (non-hydrogen) atoms. The Hall–Kier alpha value is -0.750. The first-order valence-corrected chi connectivity index (χ1v) is 13.3. The fourth-order valence-electron chi connectivity index (χ4n) is 3.39. The lowest BCUT2D eigenvalue weighted by Crippen LogP contribution is -2.56. The van der Waals surface area contributed by atoms with Crippen LogP contribution in [0.4, 0.5) is 5.69 Å². The predicted octanol–water partition coefficient (Wildman–Crippen LogP) is 7.80. The van der Waals surface area contributed by atoms with Gasteiger partial charge in [-0.3, -0.25) is 4.79 Å². The van der Waals surface area contributed by atoms with Crippen LogP contribution in [0.5, 0.6) is 0 Å². The Morgan fingerprint density at radius 1 is 0.906 bits per heavy atom. The third-order valence-electron chi connectivity index (χ3n) is 5.31. The first kappa shape index (κ1) is 29.3. The molecule has 1 aromatic rings. The Labute approximate surface area is 214 Å². The number of alkyl halides is 3.